The van der Waals surface area contributed by atoms with E-state index in [4.69, 9.17) is 9.84 Å². The summed E-state index contributed by atoms with van der Waals surface area (Å²) in [5.74, 6) is 0.181. The highest BCUT2D eigenvalue weighted by molar-refractivity contribution is 5.92. The number of methoxy groups -OCH3 is 1. The SMILES string of the molecule is COCCn1nc(C(=O)N2CCC(CCO)C2)ccc1=O. The number of aromatic nitrogens is 2. The van der Waals surface area contributed by atoms with E-state index in [2.05, 4.69) is 5.10 Å². The Bertz CT molecular complexity index is 543. The molecule has 0 saturated carbocycles. The predicted octanol–water partition coefficient (Wildman–Crippen LogP) is -0.266. The van der Waals surface area contributed by atoms with E-state index >= 15 is 0 Å². The summed E-state index contributed by atoms with van der Waals surface area (Å²) < 4.78 is 6.17. The minimum Gasteiger partial charge on any atom is -0.396 e. The van der Waals surface area contributed by atoms with Crippen LogP contribution in [-0.2, 0) is 11.3 Å². The van der Waals surface area contributed by atoms with Gasteiger partial charge in [-0.05, 0) is 24.8 Å². The molecule has 2 rings (SSSR count). The van der Waals surface area contributed by atoms with Crippen LogP contribution in [0.1, 0.15) is 23.3 Å². The van der Waals surface area contributed by atoms with E-state index in [1.165, 1.54) is 16.8 Å². The van der Waals surface area contributed by atoms with Crippen molar-refractivity contribution in [1.82, 2.24) is 14.7 Å². The molecule has 1 atom stereocenters. The third kappa shape index (κ3) is 3.89. The van der Waals surface area contributed by atoms with E-state index in [1.807, 2.05) is 0 Å². The highest BCUT2D eigenvalue weighted by Crippen LogP contribution is 2.20. The molecule has 1 saturated heterocycles. The molecule has 21 heavy (non-hydrogen) atoms. The summed E-state index contributed by atoms with van der Waals surface area (Å²) in [5.41, 5.74) is 0.0264. The maximum absolute atomic E-state index is 12.4. The highest BCUT2D eigenvalue weighted by atomic mass is 16.5. The first kappa shape index (κ1) is 15.7. The topological polar surface area (TPSA) is 84.7 Å². The molecule has 7 heteroatoms. The van der Waals surface area contributed by atoms with Crippen molar-refractivity contribution in [1.29, 1.82) is 0 Å². The van der Waals surface area contributed by atoms with Gasteiger partial charge in [0.2, 0.25) is 0 Å². The molecule has 2 heterocycles. The quantitative estimate of drug-likeness (QED) is 0.781. The second-order valence-electron chi connectivity index (χ2n) is 5.19. The number of aliphatic hydroxyl groups is 1. The molecule has 0 spiro atoms. The summed E-state index contributed by atoms with van der Waals surface area (Å²) in [6.45, 7) is 2.14. The molecular formula is C14H21N3O4. The molecule has 1 aliphatic rings. The largest absolute Gasteiger partial charge is 0.396 e. The van der Waals surface area contributed by atoms with Crippen molar-refractivity contribution in [3.63, 3.8) is 0 Å². The Labute approximate surface area is 123 Å². The fourth-order valence-corrected chi connectivity index (χ4v) is 2.50. The molecule has 1 N–H and O–H groups in total. The van der Waals surface area contributed by atoms with Crippen LogP contribution >= 0.6 is 0 Å². The molecule has 0 aliphatic carbocycles. The average Bonchev–Trinajstić information content (AvgIpc) is 2.95. The Hall–Kier alpha value is -1.73. The van der Waals surface area contributed by atoms with Gasteiger partial charge in [0.25, 0.3) is 11.5 Å². The van der Waals surface area contributed by atoms with Crippen LogP contribution in [0.2, 0.25) is 0 Å². The zero-order chi connectivity index (χ0) is 15.2. The number of carbonyl (C=O) groups is 1. The maximum atomic E-state index is 12.4. The summed E-state index contributed by atoms with van der Waals surface area (Å²) >= 11 is 0. The van der Waals surface area contributed by atoms with E-state index in [1.54, 1.807) is 12.0 Å². The van der Waals surface area contributed by atoms with Gasteiger partial charge in [0, 0.05) is 32.9 Å². The number of nitrogens with zero attached hydrogens (tertiary/aromatic N) is 3. The molecule has 1 aliphatic heterocycles. The fraction of sp³-hybridized carbons (Fsp3) is 0.643. The number of aliphatic hydroxyl groups excluding tert-OH is 1. The lowest BCUT2D eigenvalue weighted by atomic mass is 10.1. The number of likely N-dealkylation sites (tertiary alicyclic amines) is 1. The van der Waals surface area contributed by atoms with E-state index < -0.39 is 0 Å². The second kappa shape index (κ2) is 7.33. The van der Waals surface area contributed by atoms with Crippen molar-refractivity contribution in [2.75, 3.05) is 33.4 Å². The summed E-state index contributed by atoms with van der Waals surface area (Å²) in [7, 11) is 1.55. The zero-order valence-electron chi connectivity index (χ0n) is 12.2. The summed E-state index contributed by atoms with van der Waals surface area (Å²) in [5, 5.41) is 13.1. The molecule has 1 aromatic rings. The van der Waals surface area contributed by atoms with Gasteiger partial charge in [-0.3, -0.25) is 9.59 Å². The lowest BCUT2D eigenvalue weighted by Gasteiger charge is -2.16. The van der Waals surface area contributed by atoms with E-state index in [0.29, 0.717) is 38.6 Å². The number of hydrogen-bond acceptors (Lipinski definition) is 5. The maximum Gasteiger partial charge on any atom is 0.274 e. The van der Waals surface area contributed by atoms with E-state index in [0.717, 1.165) is 6.42 Å². The monoisotopic (exact) mass is 295 g/mol. The van der Waals surface area contributed by atoms with Crippen LogP contribution in [0.3, 0.4) is 0 Å². The van der Waals surface area contributed by atoms with Crippen LogP contribution in [0.4, 0.5) is 0 Å². The molecule has 0 radical (unpaired) electrons. The standard InChI is InChI=1S/C14H21N3O4/c1-21-9-7-17-13(19)3-2-12(15-17)14(20)16-6-4-11(10-16)5-8-18/h2-3,11,18H,4-10H2,1H3. The van der Waals surface area contributed by atoms with Gasteiger partial charge < -0.3 is 14.7 Å². The van der Waals surface area contributed by atoms with Gasteiger partial charge in [0.1, 0.15) is 5.69 Å². The Morgan fingerprint density at radius 2 is 2.33 bits per heavy atom. The Balaban J connectivity index is 2.07. The van der Waals surface area contributed by atoms with Crippen molar-refractivity contribution < 1.29 is 14.6 Å². The van der Waals surface area contributed by atoms with Crippen molar-refractivity contribution in [2.24, 2.45) is 5.92 Å². The number of rotatable bonds is 6. The van der Waals surface area contributed by atoms with Crippen molar-refractivity contribution >= 4 is 5.91 Å². The normalized spacial score (nSPS) is 18.2. The zero-order valence-corrected chi connectivity index (χ0v) is 12.2. The van der Waals surface area contributed by atoms with Crippen molar-refractivity contribution in [2.45, 2.75) is 19.4 Å². The van der Waals surface area contributed by atoms with Crippen LogP contribution in [0.15, 0.2) is 16.9 Å². The van der Waals surface area contributed by atoms with Gasteiger partial charge in [0.05, 0.1) is 13.2 Å². The van der Waals surface area contributed by atoms with Gasteiger partial charge in [-0.2, -0.15) is 5.10 Å². The first-order valence-corrected chi connectivity index (χ1v) is 7.13. The van der Waals surface area contributed by atoms with Gasteiger partial charge in [-0.1, -0.05) is 0 Å². The molecule has 1 aromatic heterocycles. The number of carbonyl (C=O) groups excluding carboxylic acids is 1. The smallest absolute Gasteiger partial charge is 0.274 e. The third-order valence-electron chi connectivity index (χ3n) is 3.70. The Kier molecular flexibility index (Phi) is 5.46. The van der Waals surface area contributed by atoms with Crippen LogP contribution in [0.5, 0.6) is 0 Å². The van der Waals surface area contributed by atoms with Crippen LogP contribution in [0.25, 0.3) is 0 Å². The molecule has 1 amide bonds. The van der Waals surface area contributed by atoms with E-state index in [9.17, 15) is 9.59 Å². The molecule has 0 aromatic carbocycles. The van der Waals surface area contributed by atoms with E-state index in [-0.39, 0.29) is 23.8 Å². The Morgan fingerprint density at radius 3 is 3.05 bits per heavy atom. The van der Waals surface area contributed by atoms with Gasteiger partial charge in [-0.25, -0.2) is 4.68 Å². The Morgan fingerprint density at radius 1 is 1.52 bits per heavy atom. The predicted molar refractivity (Wildman–Crippen MR) is 76.1 cm³/mol. The van der Waals surface area contributed by atoms with Crippen LogP contribution in [-0.4, -0.2) is 59.1 Å². The molecule has 0 bridgehead atoms. The fourth-order valence-electron chi connectivity index (χ4n) is 2.50. The molecule has 1 unspecified atom stereocenters. The first-order chi connectivity index (χ1) is 10.2. The minimum absolute atomic E-state index is 0.146. The molecule has 116 valence electrons. The van der Waals surface area contributed by atoms with Gasteiger partial charge in [-0.15, -0.1) is 0 Å². The lowest BCUT2D eigenvalue weighted by molar-refractivity contribution is 0.0775. The lowest BCUT2D eigenvalue weighted by Crippen LogP contribution is -2.33. The summed E-state index contributed by atoms with van der Waals surface area (Å²) in [4.78, 5) is 25.8. The number of ether oxygens (including phenoxy) is 1. The summed E-state index contributed by atoms with van der Waals surface area (Å²) in [6, 6.07) is 2.82. The van der Waals surface area contributed by atoms with Crippen molar-refractivity contribution in [3.8, 4) is 0 Å². The van der Waals surface area contributed by atoms with Gasteiger partial charge >= 0.3 is 0 Å². The molecule has 7 nitrogen and oxygen atoms in total. The molecular weight excluding hydrogens is 274 g/mol. The van der Waals surface area contributed by atoms with Crippen LogP contribution in [0, 0.1) is 5.92 Å². The number of hydrogen-bond donors (Lipinski definition) is 1. The minimum atomic E-state index is -0.247. The second-order valence-corrected chi connectivity index (χ2v) is 5.19. The number of amides is 1. The highest BCUT2D eigenvalue weighted by Gasteiger charge is 2.27. The third-order valence-corrected chi connectivity index (χ3v) is 3.70. The average molecular weight is 295 g/mol. The first-order valence-electron chi connectivity index (χ1n) is 7.13. The molecule has 1 fully saturated rings. The summed E-state index contributed by atoms with van der Waals surface area (Å²) in [6.07, 6.45) is 1.61. The van der Waals surface area contributed by atoms with Crippen molar-refractivity contribution in [3.05, 3.63) is 28.2 Å². The van der Waals surface area contributed by atoms with Crippen LogP contribution < -0.4 is 5.56 Å². The van der Waals surface area contributed by atoms with Gasteiger partial charge in [0.15, 0.2) is 0 Å².